The van der Waals surface area contributed by atoms with Gasteiger partial charge in [-0.1, -0.05) is 0 Å². The number of hydroxylamine groups is 2. The molecule has 0 saturated heterocycles. The Morgan fingerprint density at radius 2 is 1.60 bits per heavy atom. The fraction of sp³-hybridized carbons (Fsp3) is 1.00. The van der Waals surface area contributed by atoms with E-state index in [1.165, 1.54) is 0 Å². The molecule has 0 N–H and O–H groups in total. The second-order valence-electron chi connectivity index (χ2n) is 1.56. The normalized spacial score (nSPS) is 12.6. The van der Waals surface area contributed by atoms with Gasteiger partial charge in [-0.15, -0.1) is 0 Å². The predicted molar refractivity (Wildman–Crippen MR) is 24.0 cm³/mol. The number of halogens is 1. The van der Waals surface area contributed by atoms with Crippen LogP contribution in [0.25, 0.3) is 0 Å². The lowest BCUT2D eigenvalue weighted by atomic mass is 10.6. The molecule has 62 valence electrons. The van der Waals surface area contributed by atoms with E-state index < -0.39 is 10.2 Å². The van der Waals surface area contributed by atoms with Crippen molar-refractivity contribution in [1.82, 2.24) is 5.06 Å². The average Bonchev–Trinajstić information content (AvgIpc) is 1.81. The second-order valence-corrected chi connectivity index (χ2v) is 2.46. The van der Waals surface area contributed by atoms with Gasteiger partial charge in [0.15, 0.2) is 4.39 Å². The Kier molecular flexibility index (Phi) is 4.11. The number of nitrogens with zero attached hydrogens (tertiary/aromatic N) is 1. The average molecular weight is 172 g/mol. The van der Waals surface area contributed by atoms with Crippen molar-refractivity contribution >= 4 is 0 Å². The highest BCUT2D eigenvalue weighted by Gasteiger charge is 2.23. The van der Waals surface area contributed by atoms with Gasteiger partial charge in [0.1, 0.15) is 10.2 Å². The largest absolute Gasteiger partial charge is 0.181 e. The summed E-state index contributed by atoms with van der Waals surface area (Å²) in [6.45, 7) is 4.10. The van der Waals surface area contributed by atoms with E-state index in [4.69, 9.17) is 0 Å². The smallest absolute Gasteiger partial charge is 0.179 e. The summed E-state index contributed by atoms with van der Waals surface area (Å²) >= 11 is 0. The minimum atomic E-state index is -4.31. The lowest BCUT2D eigenvalue weighted by Crippen LogP contribution is -2.63. The molecule has 0 atom stereocenters. The van der Waals surface area contributed by atoms with Crippen LogP contribution in [0.3, 0.4) is 0 Å². The van der Waals surface area contributed by atoms with Crippen molar-refractivity contribution in [3.63, 3.8) is 0 Å². The number of hydrogen-bond donors (Lipinski definition) is 0. The number of hydrogen-bond acceptors (Lipinski definition) is 5. The number of rotatable bonds is 4. The van der Waals surface area contributed by atoms with E-state index in [1.54, 1.807) is 13.8 Å². The van der Waals surface area contributed by atoms with Crippen LogP contribution in [0.4, 0.5) is 0 Å². The third-order valence-corrected chi connectivity index (χ3v) is 1.25. The van der Waals surface area contributed by atoms with E-state index in [9.17, 15) is 14.0 Å². The molecular formula is C4H10ClNO4. The molecule has 5 nitrogen and oxygen atoms in total. The molecule has 0 unspecified atom stereocenters. The van der Waals surface area contributed by atoms with Crippen molar-refractivity contribution in [1.29, 1.82) is 0 Å². The summed E-state index contributed by atoms with van der Waals surface area (Å²) < 4.78 is 33.7. The van der Waals surface area contributed by atoms with Crippen molar-refractivity contribution in [2.75, 3.05) is 13.1 Å². The van der Waals surface area contributed by atoms with E-state index in [-0.39, 0.29) is 0 Å². The molecule has 0 spiro atoms. The molecule has 0 aliphatic carbocycles. The molecule has 0 aromatic heterocycles. The highest BCUT2D eigenvalue weighted by atomic mass is 35.7. The monoisotopic (exact) mass is 171 g/mol. The van der Waals surface area contributed by atoms with Gasteiger partial charge in [0.05, 0.1) is 0 Å². The molecule has 0 aromatic carbocycles. The molecule has 0 rings (SSSR count). The van der Waals surface area contributed by atoms with Gasteiger partial charge in [-0.3, -0.25) is 0 Å². The topological polar surface area (TPSA) is 81.7 Å². The fourth-order valence-electron chi connectivity index (χ4n) is 0.441. The summed E-state index contributed by atoms with van der Waals surface area (Å²) in [5.41, 5.74) is 0. The standard InChI is InChI=1S/C4H10ClNO4/c1-3-6(4-2)10-5(7,8)9/h3-4H2,1-2H3. The van der Waals surface area contributed by atoms with Gasteiger partial charge in [0.2, 0.25) is 0 Å². The predicted octanol–water partition coefficient (Wildman–Crippen LogP) is -2.84. The van der Waals surface area contributed by atoms with Crippen LogP contribution in [-0.4, -0.2) is 18.2 Å². The summed E-state index contributed by atoms with van der Waals surface area (Å²) in [6, 6.07) is 0. The summed E-state index contributed by atoms with van der Waals surface area (Å²) in [6.07, 6.45) is 0. The van der Waals surface area contributed by atoms with E-state index in [0.717, 1.165) is 5.06 Å². The van der Waals surface area contributed by atoms with Gasteiger partial charge in [-0.05, 0) is 18.9 Å². The van der Waals surface area contributed by atoms with Gasteiger partial charge >= 0.3 is 0 Å². The van der Waals surface area contributed by atoms with Crippen LogP contribution in [0.2, 0.25) is 0 Å². The van der Waals surface area contributed by atoms with Crippen LogP contribution in [0.1, 0.15) is 13.8 Å². The maximum atomic E-state index is 9.91. The van der Waals surface area contributed by atoms with E-state index in [2.05, 4.69) is 4.39 Å². The van der Waals surface area contributed by atoms with Crippen molar-refractivity contribution in [3.05, 3.63) is 0 Å². The summed E-state index contributed by atoms with van der Waals surface area (Å²) in [4.78, 5) is 0. The first-order valence-corrected chi connectivity index (χ1v) is 4.08. The Labute approximate surface area is 61.5 Å². The summed E-state index contributed by atoms with van der Waals surface area (Å²) in [5.74, 6) is 0. The van der Waals surface area contributed by atoms with Crippen LogP contribution in [0, 0.1) is 10.2 Å². The molecule has 0 radical (unpaired) electrons. The van der Waals surface area contributed by atoms with Gasteiger partial charge in [0, 0.05) is 13.1 Å². The van der Waals surface area contributed by atoms with Crippen LogP contribution < -0.4 is 14.0 Å². The van der Waals surface area contributed by atoms with Crippen LogP contribution >= 0.6 is 0 Å². The molecular weight excluding hydrogens is 161 g/mol. The molecule has 0 heterocycles. The molecule has 0 saturated carbocycles. The van der Waals surface area contributed by atoms with Crippen LogP contribution in [0.5, 0.6) is 0 Å². The van der Waals surface area contributed by atoms with Crippen molar-refractivity contribution < 1.29 is 28.6 Å². The SMILES string of the molecule is CCN(CC)O[Cl+3]([O-])([O-])[O-]. The molecule has 0 aromatic rings. The first-order valence-electron chi connectivity index (χ1n) is 2.85. The third-order valence-electron chi connectivity index (χ3n) is 0.888. The van der Waals surface area contributed by atoms with E-state index >= 15 is 0 Å². The quantitative estimate of drug-likeness (QED) is 0.426. The second kappa shape index (κ2) is 4.07. The van der Waals surface area contributed by atoms with Gasteiger partial charge in [0.25, 0.3) is 0 Å². The van der Waals surface area contributed by atoms with Gasteiger partial charge in [-0.25, -0.2) is 0 Å². The fourth-order valence-corrected chi connectivity index (χ4v) is 0.875. The van der Waals surface area contributed by atoms with Gasteiger partial charge in [-0.2, -0.15) is 14.0 Å². The Morgan fingerprint density at radius 1 is 1.20 bits per heavy atom. The van der Waals surface area contributed by atoms with E-state index in [0.29, 0.717) is 13.1 Å². The van der Waals surface area contributed by atoms with Crippen molar-refractivity contribution in [2.24, 2.45) is 0 Å². The van der Waals surface area contributed by atoms with Crippen molar-refractivity contribution in [2.45, 2.75) is 13.8 Å². The Morgan fingerprint density at radius 3 is 1.70 bits per heavy atom. The Bertz CT molecular complexity index is 89.7. The zero-order valence-corrected chi connectivity index (χ0v) is 6.63. The Balaban J connectivity index is 3.63. The highest BCUT2D eigenvalue weighted by molar-refractivity contribution is 4.28. The molecule has 0 aliphatic heterocycles. The first-order chi connectivity index (χ1) is 4.49. The minimum absolute atomic E-state index is 0.366. The molecule has 0 aliphatic rings. The lowest BCUT2D eigenvalue weighted by Gasteiger charge is -2.17. The molecule has 0 amide bonds. The zero-order valence-electron chi connectivity index (χ0n) is 5.87. The highest BCUT2D eigenvalue weighted by Crippen LogP contribution is 1.95. The third kappa shape index (κ3) is 4.92. The Hall–Kier alpha value is 0.0900. The summed E-state index contributed by atoms with van der Waals surface area (Å²) in [7, 11) is -4.31. The lowest BCUT2D eigenvalue weighted by molar-refractivity contribution is -1.92. The molecule has 0 bridgehead atoms. The minimum Gasteiger partial charge on any atom is -0.181 e. The summed E-state index contributed by atoms with van der Waals surface area (Å²) in [5, 5.41) is 1.05. The van der Waals surface area contributed by atoms with Gasteiger partial charge < -0.3 is 0 Å². The van der Waals surface area contributed by atoms with Crippen LogP contribution in [0.15, 0.2) is 0 Å². The maximum absolute atomic E-state index is 9.91. The van der Waals surface area contributed by atoms with Crippen LogP contribution in [-0.2, 0) is 4.39 Å². The molecule has 6 heteroatoms. The first kappa shape index (κ1) is 10.1. The van der Waals surface area contributed by atoms with E-state index in [1.807, 2.05) is 0 Å². The zero-order chi connectivity index (χ0) is 8.20. The maximum Gasteiger partial charge on any atom is 0.179 e. The molecule has 0 fully saturated rings. The van der Waals surface area contributed by atoms with Crippen molar-refractivity contribution in [3.8, 4) is 0 Å². The molecule has 10 heavy (non-hydrogen) atoms.